The van der Waals surface area contributed by atoms with Gasteiger partial charge < -0.3 is 24.1 Å². The third-order valence-corrected chi connectivity index (χ3v) is 4.13. The molecule has 0 spiro atoms. The van der Waals surface area contributed by atoms with Crippen molar-refractivity contribution in [2.45, 2.75) is 65.0 Å². The predicted octanol–water partition coefficient (Wildman–Crippen LogP) is 1.66. The van der Waals surface area contributed by atoms with Crippen LogP contribution < -0.4 is 0 Å². The number of rotatable bonds is 6. The Morgan fingerprint density at radius 1 is 1.26 bits per heavy atom. The van der Waals surface area contributed by atoms with Gasteiger partial charge in [-0.15, -0.1) is 0 Å². The lowest BCUT2D eigenvalue weighted by molar-refractivity contribution is -0.155. The van der Waals surface area contributed by atoms with Crippen molar-refractivity contribution in [2.75, 3.05) is 13.2 Å². The molecule has 2 rings (SSSR count). The topological polar surface area (TPSA) is 91.3 Å². The van der Waals surface area contributed by atoms with Crippen LogP contribution in [0, 0.1) is 11.3 Å². The van der Waals surface area contributed by atoms with Crippen LogP contribution in [-0.2, 0) is 23.7 Å². The molecule has 0 aromatic heterocycles. The van der Waals surface area contributed by atoms with E-state index in [1.165, 1.54) is 0 Å². The Bertz CT molecular complexity index is 442. The zero-order chi connectivity index (χ0) is 17.2. The summed E-state index contributed by atoms with van der Waals surface area (Å²) in [6.07, 6.45) is -1.89. The van der Waals surface area contributed by atoms with Crippen LogP contribution in [0.4, 0.5) is 4.79 Å². The van der Waals surface area contributed by atoms with Crippen LogP contribution in [0.3, 0.4) is 0 Å². The minimum absolute atomic E-state index is 0.0201. The van der Waals surface area contributed by atoms with E-state index in [-0.39, 0.29) is 30.5 Å². The highest BCUT2D eigenvalue weighted by Crippen LogP contribution is 2.32. The van der Waals surface area contributed by atoms with E-state index in [1.54, 1.807) is 0 Å². The Hall–Kier alpha value is -1.34. The summed E-state index contributed by atoms with van der Waals surface area (Å²) in [6.45, 7) is 7.88. The fourth-order valence-corrected chi connectivity index (χ4v) is 3.04. The Morgan fingerprint density at radius 3 is 2.39 bits per heavy atom. The number of esters is 1. The molecule has 5 atom stereocenters. The maximum atomic E-state index is 12.3. The second-order valence-corrected chi connectivity index (χ2v) is 7.31. The molecule has 0 aromatic carbocycles. The molecule has 5 unspecified atom stereocenters. The molecule has 2 fully saturated rings. The number of aliphatic hydroxyl groups is 1. The summed E-state index contributed by atoms with van der Waals surface area (Å²) in [4.78, 5) is 23.5. The highest BCUT2D eigenvalue weighted by atomic mass is 16.8. The second kappa shape index (κ2) is 7.05. The molecule has 0 saturated carbocycles. The maximum Gasteiger partial charge on any atom is 0.509 e. The average molecular weight is 330 g/mol. The first-order valence-electron chi connectivity index (χ1n) is 8.05. The molecule has 0 bridgehead atoms. The third-order valence-electron chi connectivity index (χ3n) is 4.13. The summed E-state index contributed by atoms with van der Waals surface area (Å²) in [6, 6.07) is 0. The smallest absolute Gasteiger partial charge is 0.463 e. The van der Waals surface area contributed by atoms with E-state index in [0.717, 1.165) is 6.42 Å². The van der Waals surface area contributed by atoms with Crippen molar-refractivity contribution in [3.05, 3.63) is 0 Å². The van der Waals surface area contributed by atoms with E-state index in [4.69, 9.17) is 18.9 Å². The monoisotopic (exact) mass is 330 g/mol. The summed E-state index contributed by atoms with van der Waals surface area (Å²) in [5.41, 5.74) is 0.0332. The number of aliphatic hydroxyl groups excluding tert-OH is 1. The van der Waals surface area contributed by atoms with Gasteiger partial charge in [0.15, 0.2) is 12.2 Å². The molecule has 0 amide bonds. The van der Waals surface area contributed by atoms with Crippen molar-refractivity contribution in [3.63, 3.8) is 0 Å². The molecule has 2 heterocycles. The van der Waals surface area contributed by atoms with Crippen molar-refractivity contribution < 1.29 is 33.6 Å². The van der Waals surface area contributed by atoms with E-state index < -0.39 is 30.6 Å². The zero-order valence-corrected chi connectivity index (χ0v) is 14.1. The first-order chi connectivity index (χ1) is 10.7. The minimum Gasteiger partial charge on any atom is -0.463 e. The first kappa shape index (κ1) is 18.0. The van der Waals surface area contributed by atoms with Gasteiger partial charge in [-0.1, -0.05) is 27.7 Å². The van der Waals surface area contributed by atoms with Crippen molar-refractivity contribution in [2.24, 2.45) is 11.3 Å². The highest BCUT2D eigenvalue weighted by Gasteiger charge is 2.54. The highest BCUT2D eigenvalue weighted by molar-refractivity contribution is 5.72. The summed E-state index contributed by atoms with van der Waals surface area (Å²) >= 11 is 0. The summed E-state index contributed by atoms with van der Waals surface area (Å²) in [7, 11) is 0. The predicted molar refractivity (Wildman–Crippen MR) is 79.7 cm³/mol. The minimum atomic E-state index is -0.780. The van der Waals surface area contributed by atoms with Gasteiger partial charge in [-0.25, -0.2) is 4.79 Å². The van der Waals surface area contributed by atoms with E-state index in [9.17, 15) is 14.7 Å². The SMILES string of the molecule is CCC(CC(C)(C)C)C(=O)OCC1OC(CO)C2OC(=O)OC12. The van der Waals surface area contributed by atoms with Gasteiger partial charge in [0.05, 0.1) is 12.5 Å². The Balaban J connectivity index is 1.89. The molecule has 7 nitrogen and oxygen atoms in total. The van der Waals surface area contributed by atoms with Gasteiger partial charge in [-0.3, -0.25) is 4.79 Å². The number of carbonyl (C=O) groups excluding carboxylic acids is 2. The summed E-state index contributed by atoms with van der Waals surface area (Å²) < 4.78 is 20.9. The second-order valence-electron chi connectivity index (χ2n) is 7.31. The number of hydrogen-bond donors (Lipinski definition) is 1. The molecule has 7 heteroatoms. The molecule has 132 valence electrons. The lowest BCUT2D eigenvalue weighted by atomic mass is 9.83. The lowest BCUT2D eigenvalue weighted by Crippen LogP contribution is -2.34. The summed E-state index contributed by atoms with van der Waals surface area (Å²) in [5, 5.41) is 9.27. The molecular formula is C16H26O7. The molecule has 2 saturated heterocycles. The fraction of sp³-hybridized carbons (Fsp3) is 0.875. The quantitative estimate of drug-likeness (QED) is 0.740. The number of hydrogen-bond acceptors (Lipinski definition) is 7. The summed E-state index contributed by atoms with van der Waals surface area (Å²) in [5.74, 6) is -0.455. The van der Waals surface area contributed by atoms with Crippen LogP contribution in [0.1, 0.15) is 40.5 Å². The van der Waals surface area contributed by atoms with E-state index >= 15 is 0 Å². The lowest BCUT2D eigenvalue weighted by Gasteiger charge is -2.24. The van der Waals surface area contributed by atoms with Crippen LogP contribution in [0.2, 0.25) is 0 Å². The average Bonchev–Trinajstić information content (AvgIpc) is 2.98. The molecule has 0 aromatic rings. The Labute approximate surface area is 136 Å². The molecule has 23 heavy (non-hydrogen) atoms. The Morgan fingerprint density at radius 2 is 1.87 bits per heavy atom. The van der Waals surface area contributed by atoms with Gasteiger partial charge in [0.2, 0.25) is 0 Å². The van der Waals surface area contributed by atoms with Crippen molar-refractivity contribution in [1.82, 2.24) is 0 Å². The number of carbonyl (C=O) groups is 2. The largest absolute Gasteiger partial charge is 0.509 e. The van der Waals surface area contributed by atoms with Crippen LogP contribution in [0.25, 0.3) is 0 Å². The zero-order valence-electron chi connectivity index (χ0n) is 14.1. The number of fused-ring (bicyclic) bond motifs is 1. The van der Waals surface area contributed by atoms with Crippen LogP contribution in [0.5, 0.6) is 0 Å². The number of ether oxygens (including phenoxy) is 4. The van der Waals surface area contributed by atoms with Gasteiger partial charge in [0, 0.05) is 0 Å². The van der Waals surface area contributed by atoms with Crippen LogP contribution in [-0.4, -0.2) is 54.9 Å². The van der Waals surface area contributed by atoms with Gasteiger partial charge >= 0.3 is 12.1 Å². The van der Waals surface area contributed by atoms with Gasteiger partial charge in [0.25, 0.3) is 0 Å². The van der Waals surface area contributed by atoms with E-state index in [2.05, 4.69) is 20.8 Å². The van der Waals surface area contributed by atoms with E-state index in [1.807, 2.05) is 6.92 Å². The van der Waals surface area contributed by atoms with Gasteiger partial charge in [0.1, 0.15) is 18.8 Å². The fourth-order valence-electron chi connectivity index (χ4n) is 3.04. The standard InChI is InChI=1S/C16H26O7/c1-5-9(6-16(2,3)4)14(18)20-8-11-13-12(10(7-17)21-11)22-15(19)23-13/h9-13,17H,5-8H2,1-4H3. The molecule has 2 aliphatic heterocycles. The van der Waals surface area contributed by atoms with Gasteiger partial charge in [-0.2, -0.15) is 0 Å². The normalized spacial score (nSPS) is 31.3. The molecule has 0 radical (unpaired) electrons. The van der Waals surface area contributed by atoms with Crippen molar-refractivity contribution >= 4 is 12.1 Å². The molecule has 2 aliphatic rings. The van der Waals surface area contributed by atoms with Gasteiger partial charge in [-0.05, 0) is 18.3 Å². The van der Waals surface area contributed by atoms with Crippen LogP contribution >= 0.6 is 0 Å². The third kappa shape index (κ3) is 4.35. The first-order valence-corrected chi connectivity index (χ1v) is 8.05. The molecule has 1 N–H and O–H groups in total. The molecule has 0 aliphatic carbocycles. The van der Waals surface area contributed by atoms with Crippen molar-refractivity contribution in [3.8, 4) is 0 Å². The maximum absolute atomic E-state index is 12.3. The molecular weight excluding hydrogens is 304 g/mol. The van der Waals surface area contributed by atoms with Crippen LogP contribution in [0.15, 0.2) is 0 Å². The van der Waals surface area contributed by atoms with Crippen molar-refractivity contribution in [1.29, 1.82) is 0 Å². The Kier molecular flexibility index (Phi) is 5.52. The van der Waals surface area contributed by atoms with E-state index in [0.29, 0.717) is 6.42 Å².